The summed E-state index contributed by atoms with van der Waals surface area (Å²) in [6, 6.07) is 0. The first-order valence-corrected chi connectivity index (χ1v) is 2.06. The van der Waals surface area contributed by atoms with Crippen LogP contribution in [0.2, 0.25) is 0 Å². The van der Waals surface area contributed by atoms with E-state index in [0.717, 1.165) is 0 Å². The molecule has 60 valence electrons. The Hall–Kier alpha value is 1.46. The van der Waals surface area contributed by atoms with Gasteiger partial charge in [0.05, 0.1) is 0 Å². The van der Waals surface area contributed by atoms with Gasteiger partial charge in [0.1, 0.15) is 0 Å². The Balaban J connectivity index is -0.00000000750. The van der Waals surface area contributed by atoms with E-state index < -0.39 is 14.0 Å². The fraction of sp³-hybridized carbons (Fsp3) is 0. The monoisotopic (exact) mass is 296 g/mol. The van der Waals surface area contributed by atoms with Gasteiger partial charge in [-0.25, -0.2) is 0 Å². The molecule has 0 heterocycles. The third kappa shape index (κ3) is 146. The Labute approximate surface area is 81.8 Å². The molecule has 0 aliphatic carbocycles. The predicted octanol–water partition coefficient (Wildman–Crippen LogP) is -1.19. The standard InChI is InChI=1S/2Cr.2Cu.H2O.3O/h;;;;1H2;;;. The second kappa shape index (κ2) is 23.7. The third-order valence-electron chi connectivity index (χ3n) is 0. The second-order valence-corrected chi connectivity index (χ2v) is 0.842. The maximum absolute atomic E-state index is 8.54. The average molecular weight is 297 g/mol. The van der Waals surface area contributed by atoms with Crippen molar-refractivity contribution in [2.75, 3.05) is 0 Å². The molecule has 8 heteroatoms. The van der Waals surface area contributed by atoms with Crippen LogP contribution in [0.1, 0.15) is 0 Å². The van der Waals surface area contributed by atoms with Crippen LogP contribution in [-0.4, -0.2) is 5.48 Å². The Bertz CT molecular complexity index is 81.4. The Morgan fingerprint density at radius 3 is 0.875 bits per heavy atom. The molecule has 0 aromatic carbocycles. The van der Waals surface area contributed by atoms with Gasteiger partial charge in [0, 0.05) is 51.5 Å². The molecule has 0 aliphatic heterocycles. The Morgan fingerprint density at radius 2 is 0.875 bits per heavy atom. The SMILES string of the molecule is O.[Cr].[Cu].[Cu].[O]=[Cr](=[O])=[O]. The minimum atomic E-state index is -3.79. The Morgan fingerprint density at radius 1 is 0.875 bits per heavy atom. The van der Waals surface area contributed by atoms with E-state index in [1.807, 2.05) is 0 Å². The van der Waals surface area contributed by atoms with Crippen LogP contribution in [0.4, 0.5) is 0 Å². The van der Waals surface area contributed by atoms with E-state index >= 15 is 0 Å². The number of hydrogen-bond donors (Lipinski definition) is 0. The van der Waals surface area contributed by atoms with Crippen molar-refractivity contribution in [3.8, 4) is 0 Å². The van der Waals surface area contributed by atoms with E-state index in [2.05, 4.69) is 0 Å². The van der Waals surface area contributed by atoms with Crippen LogP contribution in [0.25, 0.3) is 0 Å². The molecule has 0 atom stereocenters. The quantitative estimate of drug-likeness (QED) is 0.527. The molecule has 0 aliphatic rings. The van der Waals surface area contributed by atoms with Gasteiger partial charge in [0.15, 0.2) is 0 Å². The second-order valence-electron chi connectivity index (χ2n) is 0.204. The molecule has 2 radical (unpaired) electrons. The van der Waals surface area contributed by atoms with E-state index in [1.54, 1.807) is 0 Å². The van der Waals surface area contributed by atoms with E-state index in [0.29, 0.717) is 0 Å². The molecule has 0 unspecified atom stereocenters. The van der Waals surface area contributed by atoms with Gasteiger partial charge in [0.2, 0.25) is 0 Å². The van der Waals surface area contributed by atoms with Crippen LogP contribution in [-0.2, 0) is 76.9 Å². The van der Waals surface area contributed by atoms with Crippen molar-refractivity contribution in [3.05, 3.63) is 0 Å². The third-order valence-corrected chi connectivity index (χ3v) is 0. The van der Waals surface area contributed by atoms with Crippen LogP contribution in [0.5, 0.6) is 0 Å². The minimum absolute atomic E-state index is 0. The molecular formula is H2Cr2Cu2O4. The molecule has 0 saturated carbocycles. The summed E-state index contributed by atoms with van der Waals surface area (Å²) in [5.41, 5.74) is 0. The maximum atomic E-state index is 8.54. The van der Waals surface area contributed by atoms with Crippen molar-refractivity contribution in [2.45, 2.75) is 0 Å². The van der Waals surface area contributed by atoms with Gasteiger partial charge in [-0.15, -0.1) is 0 Å². The first-order valence-electron chi connectivity index (χ1n) is 0.500. The van der Waals surface area contributed by atoms with E-state index in [1.165, 1.54) is 0 Å². The van der Waals surface area contributed by atoms with E-state index in [-0.39, 0.29) is 57.0 Å². The summed E-state index contributed by atoms with van der Waals surface area (Å²) < 4.78 is 25.6. The van der Waals surface area contributed by atoms with Crippen molar-refractivity contribution in [3.63, 3.8) is 0 Å². The molecule has 0 saturated heterocycles. The van der Waals surface area contributed by atoms with Gasteiger partial charge >= 0.3 is 25.4 Å². The summed E-state index contributed by atoms with van der Waals surface area (Å²) in [4.78, 5) is 0. The molecule has 0 bridgehead atoms. The first-order chi connectivity index (χ1) is 1.73. The van der Waals surface area contributed by atoms with Crippen LogP contribution in [0, 0.1) is 0 Å². The van der Waals surface area contributed by atoms with E-state index in [4.69, 9.17) is 11.4 Å². The normalized spacial score (nSPS) is 3.00. The molecular weight excluding hydrogens is 295 g/mol. The van der Waals surface area contributed by atoms with Gasteiger partial charge in [-0.2, -0.15) is 0 Å². The van der Waals surface area contributed by atoms with Gasteiger partial charge in [0.25, 0.3) is 0 Å². The average Bonchev–Trinajstić information content (AvgIpc) is 0.811. The van der Waals surface area contributed by atoms with Gasteiger partial charge in [-0.3, -0.25) is 0 Å². The van der Waals surface area contributed by atoms with Crippen LogP contribution >= 0.6 is 0 Å². The molecule has 0 rings (SSSR count). The summed E-state index contributed by atoms with van der Waals surface area (Å²) in [5.74, 6) is 0. The van der Waals surface area contributed by atoms with Crippen LogP contribution in [0.3, 0.4) is 0 Å². The van der Waals surface area contributed by atoms with Crippen molar-refractivity contribution in [1.82, 2.24) is 0 Å². The molecule has 0 amide bonds. The summed E-state index contributed by atoms with van der Waals surface area (Å²) in [6.07, 6.45) is 0. The first kappa shape index (κ1) is 34.0. The molecule has 0 spiro atoms. The summed E-state index contributed by atoms with van der Waals surface area (Å²) in [7, 11) is 0. The zero-order chi connectivity index (χ0) is 3.58. The molecule has 0 fully saturated rings. The molecule has 0 aromatic heterocycles. The summed E-state index contributed by atoms with van der Waals surface area (Å²) in [6.45, 7) is 0. The topological polar surface area (TPSA) is 82.7 Å². The summed E-state index contributed by atoms with van der Waals surface area (Å²) >= 11 is -3.79. The van der Waals surface area contributed by atoms with Crippen molar-refractivity contribution in [1.29, 1.82) is 0 Å². The van der Waals surface area contributed by atoms with Gasteiger partial charge in [-0.1, -0.05) is 0 Å². The van der Waals surface area contributed by atoms with Crippen LogP contribution < -0.4 is 0 Å². The molecule has 4 nitrogen and oxygen atoms in total. The van der Waals surface area contributed by atoms with E-state index in [9.17, 15) is 0 Å². The van der Waals surface area contributed by atoms with Crippen molar-refractivity contribution in [2.24, 2.45) is 0 Å². The fourth-order valence-corrected chi connectivity index (χ4v) is 0. The number of hydrogen-bond acceptors (Lipinski definition) is 3. The predicted molar refractivity (Wildman–Crippen MR) is 5.67 cm³/mol. The van der Waals surface area contributed by atoms with Gasteiger partial charge in [-0.05, 0) is 0 Å². The van der Waals surface area contributed by atoms with Crippen molar-refractivity contribution >= 4 is 0 Å². The zero-order valence-corrected chi connectivity index (χ0v) is 7.58. The molecule has 0 aromatic rings. The molecule has 2 N–H and O–H groups in total. The van der Waals surface area contributed by atoms with Crippen molar-refractivity contribution < 1.29 is 82.3 Å². The fourth-order valence-electron chi connectivity index (χ4n) is 0. The Kier molecular flexibility index (Phi) is 101. The zero-order valence-electron chi connectivity index (χ0n) is 3.14. The van der Waals surface area contributed by atoms with Gasteiger partial charge < -0.3 is 5.48 Å². The summed E-state index contributed by atoms with van der Waals surface area (Å²) in [5, 5.41) is 0. The van der Waals surface area contributed by atoms with Crippen LogP contribution in [0.15, 0.2) is 0 Å². The molecule has 8 heavy (non-hydrogen) atoms. The number of rotatable bonds is 0.